The Balaban J connectivity index is 3.23. The van der Waals surface area contributed by atoms with Gasteiger partial charge in [-0.1, -0.05) is 0 Å². The van der Waals surface area contributed by atoms with E-state index >= 15 is 0 Å². The molecule has 0 saturated heterocycles. The molecule has 0 aliphatic heterocycles. The summed E-state index contributed by atoms with van der Waals surface area (Å²) in [6, 6.07) is 0. The third-order valence-electron chi connectivity index (χ3n) is 3.44. The van der Waals surface area contributed by atoms with Crippen molar-refractivity contribution in [1.29, 1.82) is 0 Å². The van der Waals surface area contributed by atoms with Crippen molar-refractivity contribution >= 4 is 29.3 Å². The van der Waals surface area contributed by atoms with Crippen molar-refractivity contribution in [2.24, 2.45) is 0 Å². The summed E-state index contributed by atoms with van der Waals surface area (Å²) >= 11 is -0.748. The van der Waals surface area contributed by atoms with E-state index in [4.69, 9.17) is 0 Å². The van der Waals surface area contributed by atoms with Crippen molar-refractivity contribution in [3.05, 3.63) is 0 Å². The first-order valence-corrected chi connectivity index (χ1v) is 15.4. The number of nitrogens with one attached hydrogen (secondary N) is 1. The second-order valence-electron chi connectivity index (χ2n) is 4.51. The van der Waals surface area contributed by atoms with Crippen LogP contribution in [0, 0.1) is 0 Å². The molecule has 1 N–H and O–H groups in total. The molecular formula is C14H33As2N. The van der Waals surface area contributed by atoms with E-state index in [2.05, 4.69) is 33.0 Å². The van der Waals surface area contributed by atoms with Crippen molar-refractivity contribution in [2.75, 3.05) is 13.1 Å². The average Bonchev–Trinajstić information content (AvgIpc) is 2.37. The van der Waals surface area contributed by atoms with Gasteiger partial charge in [0, 0.05) is 0 Å². The molecule has 0 spiro atoms. The van der Waals surface area contributed by atoms with Gasteiger partial charge in [0.25, 0.3) is 0 Å². The fourth-order valence-electron chi connectivity index (χ4n) is 2.06. The first-order chi connectivity index (χ1) is 8.28. The van der Waals surface area contributed by atoms with E-state index in [1.54, 1.807) is 10.4 Å². The van der Waals surface area contributed by atoms with Gasteiger partial charge in [0.1, 0.15) is 0 Å². The van der Waals surface area contributed by atoms with Crippen molar-refractivity contribution in [2.45, 2.75) is 71.8 Å². The van der Waals surface area contributed by atoms with Crippen LogP contribution in [-0.2, 0) is 0 Å². The Hall–Kier alpha value is 1.08. The Labute approximate surface area is 119 Å². The third kappa shape index (κ3) is 10.7. The van der Waals surface area contributed by atoms with Crippen LogP contribution < -0.4 is 5.32 Å². The molecule has 0 radical (unpaired) electrons. The Kier molecular flexibility index (Phi) is 14.4. The molecule has 0 unspecified atom stereocenters. The Bertz CT molecular complexity index is 129. The Morgan fingerprint density at radius 2 is 1.00 bits per heavy atom. The second-order valence-corrected chi connectivity index (χ2v) is 17.3. The Morgan fingerprint density at radius 1 is 0.647 bits per heavy atom. The summed E-state index contributed by atoms with van der Waals surface area (Å²) in [4.78, 5) is 0. The summed E-state index contributed by atoms with van der Waals surface area (Å²) in [5, 5.41) is 12.8. The van der Waals surface area contributed by atoms with Gasteiger partial charge in [-0.3, -0.25) is 0 Å². The van der Waals surface area contributed by atoms with E-state index in [0.717, 1.165) is 0 Å². The zero-order chi connectivity index (χ0) is 12.9. The topological polar surface area (TPSA) is 12.0 Å². The van der Waals surface area contributed by atoms with Crippen LogP contribution in [0.5, 0.6) is 0 Å². The first-order valence-electron chi connectivity index (χ1n) is 7.43. The molecule has 0 amide bonds. The van der Waals surface area contributed by atoms with Gasteiger partial charge >= 0.3 is 119 Å². The maximum absolute atomic E-state index is 3.64. The van der Waals surface area contributed by atoms with Gasteiger partial charge in [0.15, 0.2) is 0 Å². The minimum absolute atomic E-state index is 0.374. The summed E-state index contributed by atoms with van der Waals surface area (Å²) in [7, 11) is 0. The van der Waals surface area contributed by atoms with Crippen LogP contribution in [0.2, 0.25) is 31.3 Å². The van der Waals surface area contributed by atoms with Crippen LogP contribution in [-0.4, -0.2) is 42.4 Å². The SMILES string of the molecule is CC[As](CC)CCCNCCC[As](CC)CC. The molecule has 104 valence electrons. The minimum atomic E-state index is -0.374. The zero-order valence-electron chi connectivity index (χ0n) is 12.5. The molecule has 1 nitrogen and oxygen atoms in total. The van der Waals surface area contributed by atoms with Crippen molar-refractivity contribution in [3.63, 3.8) is 0 Å². The van der Waals surface area contributed by atoms with E-state index < -0.39 is 0 Å². The van der Waals surface area contributed by atoms with Crippen molar-refractivity contribution < 1.29 is 0 Å². The molecule has 0 aliphatic carbocycles. The van der Waals surface area contributed by atoms with Gasteiger partial charge in [0.2, 0.25) is 0 Å². The first kappa shape index (κ1) is 18.1. The maximum atomic E-state index is 3.64. The van der Waals surface area contributed by atoms with Crippen molar-refractivity contribution in [1.82, 2.24) is 5.32 Å². The van der Waals surface area contributed by atoms with E-state index in [-0.39, 0.29) is 29.3 Å². The predicted octanol–water partition coefficient (Wildman–Crippen LogP) is 4.43. The van der Waals surface area contributed by atoms with Crippen LogP contribution in [0.25, 0.3) is 0 Å². The molecule has 0 saturated carbocycles. The average molecular weight is 365 g/mol. The fourth-order valence-corrected chi connectivity index (χ4v) is 9.13. The van der Waals surface area contributed by atoms with E-state index in [1.807, 2.05) is 0 Å². The quantitative estimate of drug-likeness (QED) is 0.399. The molecule has 3 heteroatoms. The van der Waals surface area contributed by atoms with Gasteiger partial charge in [0.05, 0.1) is 0 Å². The summed E-state index contributed by atoms with van der Waals surface area (Å²) in [5.41, 5.74) is 0. The Morgan fingerprint density at radius 3 is 1.29 bits per heavy atom. The van der Waals surface area contributed by atoms with Gasteiger partial charge in [-0.25, -0.2) is 0 Å². The summed E-state index contributed by atoms with van der Waals surface area (Å²) in [6.07, 6.45) is 2.87. The summed E-state index contributed by atoms with van der Waals surface area (Å²) in [6.45, 7) is 12.1. The molecule has 0 aromatic carbocycles. The normalized spacial score (nSPS) is 11.6. The zero-order valence-corrected chi connectivity index (χ0v) is 16.2. The molecule has 0 atom stereocenters. The molecule has 0 aromatic heterocycles. The molecule has 0 aromatic rings. The van der Waals surface area contributed by atoms with Gasteiger partial charge in [-0.05, 0) is 0 Å². The number of rotatable bonds is 12. The molecule has 0 bridgehead atoms. The fraction of sp³-hybridized carbons (Fsp3) is 1.00. The van der Waals surface area contributed by atoms with Crippen LogP contribution in [0.15, 0.2) is 0 Å². The molecular weight excluding hydrogens is 332 g/mol. The van der Waals surface area contributed by atoms with Crippen LogP contribution in [0.1, 0.15) is 40.5 Å². The molecule has 0 rings (SSSR count). The van der Waals surface area contributed by atoms with E-state index in [1.165, 1.54) is 46.8 Å². The number of hydrogen-bond donors (Lipinski definition) is 1. The van der Waals surface area contributed by atoms with E-state index in [0.29, 0.717) is 0 Å². The molecule has 0 heterocycles. The monoisotopic (exact) mass is 365 g/mol. The van der Waals surface area contributed by atoms with Crippen molar-refractivity contribution in [3.8, 4) is 0 Å². The van der Waals surface area contributed by atoms with E-state index in [9.17, 15) is 0 Å². The van der Waals surface area contributed by atoms with Gasteiger partial charge in [-0.15, -0.1) is 0 Å². The van der Waals surface area contributed by atoms with Gasteiger partial charge < -0.3 is 0 Å². The number of hydrogen-bond acceptors (Lipinski definition) is 1. The van der Waals surface area contributed by atoms with Gasteiger partial charge in [-0.2, -0.15) is 0 Å². The molecule has 0 fully saturated rings. The predicted molar refractivity (Wildman–Crippen MR) is 85.1 cm³/mol. The summed E-state index contributed by atoms with van der Waals surface area (Å²) < 4.78 is 0. The van der Waals surface area contributed by atoms with Crippen LogP contribution in [0.3, 0.4) is 0 Å². The summed E-state index contributed by atoms with van der Waals surface area (Å²) in [5.74, 6) is 0. The second kappa shape index (κ2) is 13.5. The van der Waals surface area contributed by atoms with Crippen LogP contribution >= 0.6 is 0 Å². The van der Waals surface area contributed by atoms with Crippen LogP contribution in [0.4, 0.5) is 0 Å². The molecule has 17 heavy (non-hydrogen) atoms. The standard InChI is InChI=1S/C14H33As2N/c1-5-15(6-2)11-9-13-17-14-10-12-16(7-3)8-4/h17H,5-14H2,1-4H3. The third-order valence-corrected chi connectivity index (χ3v) is 14.9. The molecule has 0 aliphatic rings.